The van der Waals surface area contributed by atoms with E-state index in [0.29, 0.717) is 23.8 Å². The van der Waals surface area contributed by atoms with Crippen molar-refractivity contribution in [2.24, 2.45) is 11.7 Å². The predicted molar refractivity (Wildman–Crippen MR) is 141 cm³/mol. The van der Waals surface area contributed by atoms with E-state index in [4.69, 9.17) is 5.73 Å². The zero-order valence-corrected chi connectivity index (χ0v) is 22.2. The Morgan fingerprint density at radius 1 is 1.17 bits per heavy atom. The number of hydrogen-bond acceptors (Lipinski definition) is 5. The number of aryl methyl sites for hydroxylation is 2. The fourth-order valence-electron chi connectivity index (χ4n) is 6.79. The Labute approximate surface area is 209 Å². The minimum atomic E-state index is -0.210. The molecule has 1 aliphatic heterocycles. The first-order valence-corrected chi connectivity index (χ1v) is 13.5. The topological polar surface area (TPSA) is 92.3 Å². The van der Waals surface area contributed by atoms with Gasteiger partial charge in [0.1, 0.15) is 11.2 Å². The van der Waals surface area contributed by atoms with Gasteiger partial charge in [0.25, 0.3) is 0 Å². The van der Waals surface area contributed by atoms with Crippen molar-refractivity contribution >= 4 is 33.1 Å². The summed E-state index contributed by atoms with van der Waals surface area (Å²) in [5.74, 6) is 1.35. The number of thiophene rings is 1. The van der Waals surface area contributed by atoms with E-state index in [1.807, 2.05) is 22.8 Å². The summed E-state index contributed by atoms with van der Waals surface area (Å²) in [6.07, 6.45) is 6.04. The lowest BCUT2D eigenvalue weighted by atomic mass is 9.88. The number of likely N-dealkylation sites (tertiary alicyclic amines) is 1. The van der Waals surface area contributed by atoms with E-state index in [2.05, 4.69) is 60.8 Å². The minimum absolute atomic E-state index is 0.172. The van der Waals surface area contributed by atoms with Gasteiger partial charge in [0.2, 0.25) is 5.91 Å². The van der Waals surface area contributed by atoms with Crippen LogP contribution in [0.4, 0.5) is 0 Å². The number of rotatable bonds is 5. The van der Waals surface area contributed by atoms with Crippen LogP contribution < -0.4 is 5.73 Å². The number of aromatic nitrogens is 4. The second-order valence-electron chi connectivity index (χ2n) is 11.0. The Balaban J connectivity index is 1.42. The van der Waals surface area contributed by atoms with Crippen LogP contribution in [0.5, 0.6) is 0 Å². The molecule has 0 spiro atoms. The first-order chi connectivity index (χ1) is 16.7. The molecule has 0 aromatic carbocycles. The zero-order valence-electron chi connectivity index (χ0n) is 21.3. The summed E-state index contributed by atoms with van der Waals surface area (Å²) in [6, 6.07) is 0.293. The van der Waals surface area contributed by atoms with Gasteiger partial charge in [-0.3, -0.25) is 9.69 Å². The fraction of sp³-hybridized carbons (Fsp3) is 0.519. The van der Waals surface area contributed by atoms with Gasteiger partial charge in [0.05, 0.1) is 11.7 Å². The van der Waals surface area contributed by atoms with Gasteiger partial charge in [-0.25, -0.2) is 9.50 Å². The normalized spacial score (nSPS) is 23.3. The maximum atomic E-state index is 11.8. The van der Waals surface area contributed by atoms with Gasteiger partial charge in [0.15, 0.2) is 5.65 Å². The number of carbonyl (C=O) groups excluding carboxylic acids is 1. The number of piperidine rings is 1. The third kappa shape index (κ3) is 3.22. The molecule has 4 aromatic rings. The van der Waals surface area contributed by atoms with Gasteiger partial charge in [0, 0.05) is 34.6 Å². The second-order valence-corrected chi connectivity index (χ2v) is 12.0. The Morgan fingerprint density at radius 2 is 1.94 bits per heavy atom. The van der Waals surface area contributed by atoms with Crippen LogP contribution in [0.15, 0.2) is 12.5 Å². The van der Waals surface area contributed by atoms with Crippen LogP contribution in [0.2, 0.25) is 0 Å². The van der Waals surface area contributed by atoms with Crippen molar-refractivity contribution in [1.29, 1.82) is 0 Å². The van der Waals surface area contributed by atoms with Crippen molar-refractivity contribution in [3.8, 4) is 11.3 Å². The summed E-state index contributed by atoms with van der Waals surface area (Å²) >= 11 is 1.94. The molecule has 2 fully saturated rings. The van der Waals surface area contributed by atoms with E-state index in [9.17, 15) is 4.79 Å². The second kappa shape index (κ2) is 7.90. The van der Waals surface area contributed by atoms with Gasteiger partial charge in [-0.05, 0) is 80.5 Å². The average molecular weight is 491 g/mol. The molecule has 0 radical (unpaired) electrons. The molecule has 2 aliphatic rings. The largest absolute Gasteiger partial charge is 0.368 e. The lowest BCUT2D eigenvalue weighted by molar-refractivity contribution is -0.123. The number of nitrogens with one attached hydrogen (secondary N) is 1. The Bertz CT molecular complexity index is 1480. The maximum absolute atomic E-state index is 11.8. The number of pyridine rings is 1. The lowest BCUT2D eigenvalue weighted by Gasteiger charge is -2.34. The standard InChI is InChI=1S/C27H34N6OS/c1-12(2)21-22-15(5)24(19-8-18-7-17(19)9-32(18)16(6)25(28)34)35-27(22)31-23(21)20-10-33-26(29-11-30-33)14(4)13(20)3/h10-12,16-19,31H,7-9H2,1-6H3,(H2,28,34)/t16-,17+,18?,19-/m1/s1. The van der Waals surface area contributed by atoms with Crippen LogP contribution in [0, 0.1) is 26.7 Å². The number of carbonyl (C=O) groups is 1. The van der Waals surface area contributed by atoms with E-state index in [-0.39, 0.29) is 11.9 Å². The van der Waals surface area contributed by atoms with Crippen molar-refractivity contribution in [3.05, 3.63) is 39.7 Å². The van der Waals surface area contributed by atoms with Crippen LogP contribution in [-0.4, -0.2) is 49.0 Å². The molecule has 3 N–H and O–H groups in total. The quantitative estimate of drug-likeness (QED) is 0.410. The highest BCUT2D eigenvalue weighted by Crippen LogP contribution is 2.53. The molecule has 2 bridgehead atoms. The number of hydrogen-bond donors (Lipinski definition) is 2. The molecule has 4 atom stereocenters. The molecule has 1 aliphatic carbocycles. The number of nitrogens with two attached hydrogens (primary N) is 1. The van der Waals surface area contributed by atoms with Crippen LogP contribution >= 0.6 is 11.3 Å². The molecule has 35 heavy (non-hydrogen) atoms. The molecule has 6 rings (SSSR count). The molecule has 8 heteroatoms. The molecular weight excluding hydrogens is 456 g/mol. The van der Waals surface area contributed by atoms with E-state index < -0.39 is 0 Å². The van der Waals surface area contributed by atoms with Gasteiger partial charge in [-0.1, -0.05) is 13.8 Å². The van der Waals surface area contributed by atoms with Crippen molar-refractivity contribution in [2.75, 3.05) is 6.54 Å². The van der Waals surface area contributed by atoms with E-state index in [0.717, 1.165) is 18.6 Å². The predicted octanol–water partition coefficient (Wildman–Crippen LogP) is 5.04. The first kappa shape index (κ1) is 22.7. The summed E-state index contributed by atoms with van der Waals surface area (Å²) in [5, 5.41) is 5.82. The number of nitrogens with zero attached hydrogens (tertiary/aromatic N) is 4. The third-order valence-corrected chi connectivity index (χ3v) is 10.1. The number of amides is 1. The highest BCUT2D eigenvalue weighted by molar-refractivity contribution is 7.19. The molecule has 1 saturated carbocycles. The summed E-state index contributed by atoms with van der Waals surface area (Å²) in [5.41, 5.74) is 14.2. The SMILES string of the molecule is Cc1c(-c2[nH]c3sc([C@@H]4CC5C[C@H]4CN5[C@H](C)C(N)=O)c(C)c3c2C(C)C)cn2ncnc2c1C. The van der Waals surface area contributed by atoms with Crippen LogP contribution in [0.1, 0.15) is 72.6 Å². The van der Waals surface area contributed by atoms with Crippen LogP contribution in [0.25, 0.3) is 27.1 Å². The van der Waals surface area contributed by atoms with Gasteiger partial charge in [-0.15, -0.1) is 11.3 Å². The lowest BCUT2D eigenvalue weighted by Crippen LogP contribution is -2.47. The summed E-state index contributed by atoms with van der Waals surface area (Å²) in [7, 11) is 0. The Hall–Kier alpha value is -2.71. The van der Waals surface area contributed by atoms with Crippen LogP contribution in [-0.2, 0) is 4.79 Å². The highest BCUT2D eigenvalue weighted by atomic mass is 32.1. The monoisotopic (exact) mass is 490 g/mol. The van der Waals surface area contributed by atoms with Gasteiger partial charge >= 0.3 is 0 Å². The van der Waals surface area contributed by atoms with Gasteiger partial charge in [-0.2, -0.15) is 5.10 Å². The third-order valence-electron chi connectivity index (χ3n) is 8.76. The molecular formula is C27H34N6OS. The number of aromatic amines is 1. The molecule has 4 aromatic heterocycles. The number of H-pyrrole nitrogens is 1. The van der Waals surface area contributed by atoms with Gasteiger partial charge < -0.3 is 10.7 Å². The van der Waals surface area contributed by atoms with Crippen molar-refractivity contribution in [3.63, 3.8) is 0 Å². The van der Waals surface area contributed by atoms with E-state index in [1.54, 1.807) is 6.33 Å². The minimum Gasteiger partial charge on any atom is -0.368 e. The molecule has 5 heterocycles. The smallest absolute Gasteiger partial charge is 0.234 e. The molecule has 1 amide bonds. The molecule has 7 nitrogen and oxygen atoms in total. The Morgan fingerprint density at radius 3 is 2.60 bits per heavy atom. The fourth-order valence-corrected chi connectivity index (χ4v) is 8.23. The number of primary amides is 1. The summed E-state index contributed by atoms with van der Waals surface area (Å²) < 4.78 is 1.89. The number of fused-ring (bicyclic) bond motifs is 4. The zero-order chi connectivity index (χ0) is 24.8. The van der Waals surface area contributed by atoms with Crippen molar-refractivity contribution in [2.45, 2.75) is 78.3 Å². The average Bonchev–Trinajstić information content (AvgIpc) is 3.61. The van der Waals surface area contributed by atoms with E-state index >= 15 is 0 Å². The molecule has 1 unspecified atom stereocenters. The van der Waals surface area contributed by atoms with Crippen molar-refractivity contribution < 1.29 is 4.79 Å². The summed E-state index contributed by atoms with van der Waals surface area (Å²) in [4.78, 5) is 25.2. The maximum Gasteiger partial charge on any atom is 0.234 e. The molecule has 184 valence electrons. The molecule has 1 saturated heterocycles. The van der Waals surface area contributed by atoms with Crippen LogP contribution in [0.3, 0.4) is 0 Å². The van der Waals surface area contributed by atoms with Crippen molar-refractivity contribution in [1.82, 2.24) is 24.5 Å². The Kier molecular flexibility index (Phi) is 5.13. The first-order valence-electron chi connectivity index (χ1n) is 12.7. The summed E-state index contributed by atoms with van der Waals surface area (Å²) in [6.45, 7) is 14.1. The van der Waals surface area contributed by atoms with E-state index in [1.165, 1.54) is 55.0 Å². The highest BCUT2D eigenvalue weighted by Gasteiger charge is 2.48.